The summed E-state index contributed by atoms with van der Waals surface area (Å²) in [5.41, 5.74) is 7.40. The Kier molecular flexibility index (Phi) is 7.59. The van der Waals surface area contributed by atoms with E-state index in [-0.39, 0.29) is 7.69 Å². The van der Waals surface area contributed by atoms with E-state index in [4.69, 9.17) is 10.0 Å². The van der Waals surface area contributed by atoms with E-state index in [0.717, 1.165) is 0 Å². The van der Waals surface area contributed by atoms with Gasteiger partial charge in [-0.05, 0) is 33.4 Å². The molecular weight excluding hydrogens is 355 g/mol. The first-order chi connectivity index (χ1) is 14.3. The Hall–Kier alpha value is -3.40. The zero-order valence-corrected chi connectivity index (χ0v) is 16.0. The van der Waals surface area contributed by atoms with Gasteiger partial charge >= 0.3 is 7.69 Å². The molecule has 0 bridgehead atoms. The van der Waals surface area contributed by atoms with Crippen molar-refractivity contribution in [2.75, 3.05) is 0 Å². The fourth-order valence-corrected chi connectivity index (χ4v) is 3.33. The first-order valence-corrected chi connectivity index (χ1v) is 9.41. The highest BCUT2D eigenvalue weighted by Crippen LogP contribution is 2.36. The van der Waals surface area contributed by atoms with Crippen LogP contribution in [0, 0.1) is 0 Å². The molecule has 0 aliphatic heterocycles. The monoisotopic (exact) mass is 377 g/mol. The average molecular weight is 377 g/mol. The van der Waals surface area contributed by atoms with Gasteiger partial charge < -0.3 is 10.0 Å². The first-order valence-electron chi connectivity index (χ1n) is 9.41. The van der Waals surface area contributed by atoms with Crippen molar-refractivity contribution in [2.24, 2.45) is 0 Å². The predicted molar refractivity (Wildman–Crippen MR) is 121 cm³/mol. The molecule has 3 heteroatoms. The third-order valence-corrected chi connectivity index (χ3v) is 4.50. The minimum absolute atomic E-state index is 0. The molecule has 0 saturated carbocycles. The van der Waals surface area contributed by atoms with Gasteiger partial charge in [0.05, 0.1) is 0 Å². The fraction of sp³-hybridized carbons (Fsp3) is 0. The second-order valence-corrected chi connectivity index (χ2v) is 6.33. The molecule has 0 saturated heterocycles. The van der Waals surface area contributed by atoms with Crippen LogP contribution in [0.4, 0.5) is 0 Å². The van der Waals surface area contributed by atoms with Crippen molar-refractivity contribution in [3.63, 3.8) is 0 Å². The van der Waals surface area contributed by atoms with Crippen molar-refractivity contribution in [2.45, 2.75) is 0 Å². The molecule has 0 fully saturated rings. The quantitative estimate of drug-likeness (QED) is 0.379. The molecule has 0 unspecified atom stereocenters. The highest BCUT2D eigenvalue weighted by molar-refractivity contribution is 6.13. The standard InChI is InChI=1S/C26H20.BH2O2/c1-5-13-21(14-6-1)25(22-15-7-2-8-16-22)26(23-17-9-3-10-18-23)24-19-11-4-12-20-24;2-1-3/h1-20H;2-3H. The molecule has 0 spiro atoms. The highest BCUT2D eigenvalue weighted by Gasteiger charge is 2.15. The fourth-order valence-electron chi connectivity index (χ4n) is 3.33. The summed E-state index contributed by atoms with van der Waals surface area (Å²) in [4.78, 5) is 0. The van der Waals surface area contributed by atoms with Crippen molar-refractivity contribution >= 4 is 18.8 Å². The smallest absolute Gasteiger partial charge is 0.429 e. The van der Waals surface area contributed by atoms with Crippen LogP contribution >= 0.6 is 0 Å². The molecule has 0 aliphatic rings. The van der Waals surface area contributed by atoms with Gasteiger partial charge in [-0.3, -0.25) is 0 Å². The lowest BCUT2D eigenvalue weighted by atomic mass is 9.86. The van der Waals surface area contributed by atoms with Crippen LogP contribution in [0.15, 0.2) is 121 Å². The Morgan fingerprint density at radius 1 is 0.379 bits per heavy atom. The van der Waals surface area contributed by atoms with Crippen LogP contribution in [-0.4, -0.2) is 17.7 Å². The summed E-state index contributed by atoms with van der Waals surface area (Å²) in [6.45, 7) is 0. The van der Waals surface area contributed by atoms with E-state index in [2.05, 4.69) is 121 Å². The Morgan fingerprint density at radius 2 is 0.552 bits per heavy atom. The minimum Gasteiger partial charge on any atom is -0.429 e. The highest BCUT2D eigenvalue weighted by atomic mass is 16.4. The van der Waals surface area contributed by atoms with Gasteiger partial charge in [-0.2, -0.15) is 0 Å². The van der Waals surface area contributed by atoms with Crippen molar-refractivity contribution in [3.8, 4) is 0 Å². The van der Waals surface area contributed by atoms with Crippen LogP contribution in [0.25, 0.3) is 11.1 Å². The molecule has 0 atom stereocenters. The maximum Gasteiger partial charge on any atom is 0.482 e. The molecule has 29 heavy (non-hydrogen) atoms. The SMILES string of the molecule is O[B]O.c1ccc(C(=C(c2ccccc2)c2ccccc2)c2ccccc2)cc1. The Labute approximate surface area is 172 Å². The number of hydrogen-bond acceptors (Lipinski definition) is 2. The number of hydrogen-bond donors (Lipinski definition) is 2. The van der Waals surface area contributed by atoms with Gasteiger partial charge in [0.2, 0.25) is 0 Å². The van der Waals surface area contributed by atoms with Gasteiger partial charge in [0.25, 0.3) is 0 Å². The summed E-state index contributed by atoms with van der Waals surface area (Å²) in [7, 11) is 0. The molecule has 4 aromatic rings. The van der Waals surface area contributed by atoms with Gasteiger partial charge in [-0.1, -0.05) is 121 Å². The normalized spacial score (nSPS) is 9.72. The van der Waals surface area contributed by atoms with E-state index in [1.807, 2.05) is 0 Å². The minimum atomic E-state index is 0. The summed E-state index contributed by atoms with van der Waals surface area (Å²) < 4.78 is 0. The zero-order valence-electron chi connectivity index (χ0n) is 16.0. The molecule has 1 radical (unpaired) electrons. The van der Waals surface area contributed by atoms with Crippen LogP contribution in [-0.2, 0) is 0 Å². The van der Waals surface area contributed by atoms with Crippen molar-refractivity contribution in [1.82, 2.24) is 0 Å². The van der Waals surface area contributed by atoms with E-state index in [1.165, 1.54) is 33.4 Å². The van der Waals surface area contributed by atoms with Crippen LogP contribution in [0.5, 0.6) is 0 Å². The molecule has 4 rings (SSSR count). The Morgan fingerprint density at radius 3 is 0.724 bits per heavy atom. The molecule has 2 nitrogen and oxygen atoms in total. The molecule has 141 valence electrons. The summed E-state index contributed by atoms with van der Waals surface area (Å²) in [5.74, 6) is 0. The van der Waals surface area contributed by atoms with Crippen molar-refractivity contribution in [1.29, 1.82) is 0 Å². The summed E-state index contributed by atoms with van der Waals surface area (Å²) >= 11 is 0. The van der Waals surface area contributed by atoms with Crippen LogP contribution in [0.1, 0.15) is 22.3 Å². The molecule has 0 aliphatic carbocycles. The topological polar surface area (TPSA) is 40.5 Å². The lowest BCUT2D eigenvalue weighted by Crippen LogP contribution is -1.97. The van der Waals surface area contributed by atoms with E-state index >= 15 is 0 Å². The second-order valence-electron chi connectivity index (χ2n) is 6.33. The largest absolute Gasteiger partial charge is 0.482 e. The van der Waals surface area contributed by atoms with Gasteiger partial charge in [-0.25, -0.2) is 0 Å². The van der Waals surface area contributed by atoms with Crippen LogP contribution < -0.4 is 0 Å². The van der Waals surface area contributed by atoms with Gasteiger partial charge in [-0.15, -0.1) is 0 Å². The van der Waals surface area contributed by atoms with Crippen LogP contribution in [0.2, 0.25) is 0 Å². The Bertz CT molecular complexity index is 847. The zero-order chi connectivity index (χ0) is 20.3. The summed E-state index contributed by atoms with van der Waals surface area (Å²) in [6.07, 6.45) is 0. The lowest BCUT2D eigenvalue weighted by molar-refractivity contribution is 0.448. The maximum absolute atomic E-state index is 7.00. The predicted octanol–water partition coefficient (Wildman–Crippen LogP) is 5.20. The second kappa shape index (κ2) is 10.8. The number of rotatable bonds is 4. The van der Waals surface area contributed by atoms with Gasteiger partial charge in [0, 0.05) is 0 Å². The lowest BCUT2D eigenvalue weighted by Gasteiger charge is -2.18. The van der Waals surface area contributed by atoms with E-state index in [1.54, 1.807) is 0 Å². The van der Waals surface area contributed by atoms with E-state index in [9.17, 15) is 0 Å². The van der Waals surface area contributed by atoms with Crippen molar-refractivity contribution < 1.29 is 10.0 Å². The molecule has 4 aromatic carbocycles. The van der Waals surface area contributed by atoms with Gasteiger partial charge in [0.15, 0.2) is 0 Å². The Balaban J connectivity index is 0.000000755. The summed E-state index contributed by atoms with van der Waals surface area (Å²) in [5, 5.41) is 14.0. The van der Waals surface area contributed by atoms with E-state index in [0.29, 0.717) is 0 Å². The molecule has 0 heterocycles. The third kappa shape index (κ3) is 5.32. The third-order valence-electron chi connectivity index (χ3n) is 4.50. The van der Waals surface area contributed by atoms with E-state index < -0.39 is 0 Å². The number of benzene rings is 4. The molecule has 0 amide bonds. The average Bonchev–Trinajstić information content (AvgIpc) is 2.80. The molecule has 0 aromatic heterocycles. The molecule has 2 N–H and O–H groups in total. The first kappa shape index (κ1) is 20.3. The molecular formula is C26H22BO2. The van der Waals surface area contributed by atoms with Crippen molar-refractivity contribution in [3.05, 3.63) is 144 Å². The van der Waals surface area contributed by atoms with Crippen LogP contribution in [0.3, 0.4) is 0 Å². The van der Waals surface area contributed by atoms with Gasteiger partial charge in [0.1, 0.15) is 0 Å². The summed E-state index contributed by atoms with van der Waals surface area (Å²) in [6, 6.07) is 42.6. The maximum atomic E-state index is 7.00.